The second-order valence-electron chi connectivity index (χ2n) is 16.1. The highest BCUT2D eigenvalue weighted by Crippen LogP contribution is 2.45. The first-order valence-electron chi connectivity index (χ1n) is 22.2. The van der Waals surface area contributed by atoms with Crippen LogP contribution in [-0.4, -0.2) is 89.0 Å². The first kappa shape index (κ1) is 48.6. The van der Waals surface area contributed by atoms with Crippen LogP contribution >= 0.6 is 0 Å². The van der Waals surface area contributed by atoms with Crippen molar-refractivity contribution in [2.45, 2.75) is 224 Å². The Morgan fingerprint density at radius 3 is 1.70 bits per heavy atom. The smallest absolute Gasteiger partial charge is 0.306 e. The van der Waals surface area contributed by atoms with E-state index in [0.717, 1.165) is 63.2 Å². The molecule has 316 valence electrons. The van der Waals surface area contributed by atoms with E-state index in [1.165, 1.54) is 103 Å². The molecule has 2 rings (SSSR count). The number of aliphatic hydroxyl groups is 4. The van der Waals surface area contributed by atoms with Gasteiger partial charge in [-0.25, -0.2) is 0 Å². The van der Waals surface area contributed by atoms with Gasteiger partial charge in [-0.1, -0.05) is 142 Å². The van der Waals surface area contributed by atoms with E-state index in [0.29, 0.717) is 6.42 Å². The molecule has 54 heavy (non-hydrogen) atoms. The van der Waals surface area contributed by atoms with Crippen LogP contribution in [0.4, 0.5) is 0 Å². The Morgan fingerprint density at radius 1 is 0.630 bits per heavy atom. The van der Waals surface area contributed by atoms with Crippen LogP contribution < -0.4 is 0 Å². The monoisotopic (exact) mass is 769 g/mol. The third-order valence-corrected chi connectivity index (χ3v) is 11.1. The van der Waals surface area contributed by atoms with Crippen molar-refractivity contribution in [1.82, 2.24) is 0 Å². The van der Waals surface area contributed by atoms with Gasteiger partial charge in [0.25, 0.3) is 0 Å². The summed E-state index contributed by atoms with van der Waals surface area (Å²) in [7, 11) is 0. The molecule has 0 amide bonds. The number of allylic oxidation sites excluding steroid dienone is 2. The van der Waals surface area contributed by atoms with Crippen molar-refractivity contribution in [3.63, 3.8) is 0 Å². The molecule has 0 radical (unpaired) electrons. The standard InChI is InChI=1S/C44H80O10/c1-3-5-7-9-10-11-12-13-14-15-16-17-18-21-26-30-40(47)53-37(34-52-44-43(50)42(49)41(48)38(32-45)54-44)33-51-39(46)29-25-22-19-20-24-28-36-31-35(36)27-23-8-6-4-2/h13-14,35-38,41-45,48-50H,3-12,15-34H2,1-2H3/b14-13-/t35-,36+,37+,38+,41+,42-,43+,44-/m0/s1. The molecule has 0 unspecified atom stereocenters. The maximum absolute atomic E-state index is 12.8. The molecule has 1 aliphatic carbocycles. The van der Waals surface area contributed by atoms with Crippen molar-refractivity contribution >= 4 is 11.9 Å². The molecule has 1 saturated carbocycles. The third kappa shape index (κ3) is 22.9. The topological polar surface area (TPSA) is 152 Å². The van der Waals surface area contributed by atoms with Crippen LogP contribution in [0.3, 0.4) is 0 Å². The van der Waals surface area contributed by atoms with E-state index < -0.39 is 49.4 Å². The lowest BCUT2D eigenvalue weighted by Crippen LogP contribution is -2.59. The molecule has 2 fully saturated rings. The van der Waals surface area contributed by atoms with Gasteiger partial charge in [0.1, 0.15) is 31.0 Å². The number of esters is 2. The SMILES string of the molecule is CCCCCCCC/C=C\CCCCCCCC(=O)O[C@H](COC(=O)CCCCCCC[C@@H]1C[C@@H]1CCCCCC)CO[C@H]1O[C@H](CO)[C@@H](O)[C@H](O)[C@H]1O. The number of carbonyl (C=O) groups is 2. The van der Waals surface area contributed by atoms with Crippen molar-refractivity contribution < 1.29 is 49.0 Å². The van der Waals surface area contributed by atoms with E-state index >= 15 is 0 Å². The van der Waals surface area contributed by atoms with E-state index in [-0.39, 0.29) is 32.0 Å². The molecule has 1 saturated heterocycles. The summed E-state index contributed by atoms with van der Waals surface area (Å²) in [5, 5.41) is 40.1. The number of ether oxygens (including phenoxy) is 4. The number of hydrogen-bond donors (Lipinski definition) is 4. The quantitative estimate of drug-likeness (QED) is 0.0280. The lowest BCUT2D eigenvalue weighted by molar-refractivity contribution is -0.305. The minimum Gasteiger partial charge on any atom is -0.462 e. The zero-order valence-electron chi connectivity index (χ0n) is 34.2. The summed E-state index contributed by atoms with van der Waals surface area (Å²) in [5.41, 5.74) is 0. The summed E-state index contributed by atoms with van der Waals surface area (Å²) < 4.78 is 22.2. The summed E-state index contributed by atoms with van der Waals surface area (Å²) >= 11 is 0. The van der Waals surface area contributed by atoms with Gasteiger partial charge in [0.15, 0.2) is 12.4 Å². The molecule has 0 aromatic carbocycles. The number of unbranched alkanes of at least 4 members (excludes halogenated alkanes) is 18. The predicted molar refractivity (Wildman–Crippen MR) is 213 cm³/mol. The second kappa shape index (κ2) is 31.5. The molecule has 10 heteroatoms. The number of carbonyl (C=O) groups excluding carboxylic acids is 2. The second-order valence-corrected chi connectivity index (χ2v) is 16.1. The molecule has 10 nitrogen and oxygen atoms in total. The Kier molecular flexibility index (Phi) is 28.4. The Morgan fingerprint density at radius 2 is 1.13 bits per heavy atom. The first-order chi connectivity index (χ1) is 26.3. The fourth-order valence-corrected chi connectivity index (χ4v) is 7.42. The molecule has 4 N–H and O–H groups in total. The molecule has 1 aliphatic heterocycles. The average molecular weight is 769 g/mol. The third-order valence-electron chi connectivity index (χ3n) is 11.1. The van der Waals surface area contributed by atoms with Crippen LogP contribution in [0.15, 0.2) is 12.2 Å². The molecule has 8 atom stereocenters. The van der Waals surface area contributed by atoms with Gasteiger partial charge in [-0.2, -0.15) is 0 Å². The lowest BCUT2D eigenvalue weighted by Gasteiger charge is -2.39. The Balaban J connectivity index is 1.64. The van der Waals surface area contributed by atoms with Crippen molar-refractivity contribution in [3.05, 3.63) is 12.2 Å². The summed E-state index contributed by atoms with van der Waals surface area (Å²) in [4.78, 5) is 25.3. The molecule has 2 aliphatic rings. The van der Waals surface area contributed by atoms with E-state index in [1.807, 2.05) is 0 Å². The van der Waals surface area contributed by atoms with Crippen molar-refractivity contribution in [3.8, 4) is 0 Å². The molecule has 0 aromatic heterocycles. The highest BCUT2D eigenvalue weighted by molar-refractivity contribution is 5.70. The highest BCUT2D eigenvalue weighted by Gasteiger charge is 2.44. The van der Waals surface area contributed by atoms with Crippen LogP contribution in [-0.2, 0) is 28.5 Å². The van der Waals surface area contributed by atoms with Crippen molar-refractivity contribution in [1.29, 1.82) is 0 Å². The van der Waals surface area contributed by atoms with E-state index in [9.17, 15) is 30.0 Å². The average Bonchev–Trinajstić information content (AvgIpc) is 3.93. The minimum absolute atomic E-state index is 0.213. The Labute approximate surface area is 328 Å². The first-order valence-corrected chi connectivity index (χ1v) is 22.2. The lowest BCUT2D eigenvalue weighted by atomic mass is 9.99. The Hall–Kier alpha value is -1.56. The van der Waals surface area contributed by atoms with E-state index in [4.69, 9.17) is 18.9 Å². The molecular weight excluding hydrogens is 688 g/mol. The zero-order valence-corrected chi connectivity index (χ0v) is 34.2. The maximum Gasteiger partial charge on any atom is 0.306 e. The zero-order chi connectivity index (χ0) is 39.2. The van der Waals surface area contributed by atoms with Crippen LogP contribution in [0, 0.1) is 11.8 Å². The van der Waals surface area contributed by atoms with Crippen molar-refractivity contribution in [2.75, 3.05) is 19.8 Å². The van der Waals surface area contributed by atoms with E-state index in [1.54, 1.807) is 0 Å². The van der Waals surface area contributed by atoms with Gasteiger partial charge >= 0.3 is 11.9 Å². The molecule has 0 spiro atoms. The van der Waals surface area contributed by atoms with Gasteiger partial charge in [0.2, 0.25) is 0 Å². The maximum atomic E-state index is 12.8. The number of aliphatic hydroxyl groups excluding tert-OH is 4. The van der Waals surface area contributed by atoms with Gasteiger partial charge in [0.05, 0.1) is 13.2 Å². The molecular formula is C44H80O10. The van der Waals surface area contributed by atoms with Gasteiger partial charge in [-0.05, 0) is 56.8 Å². The van der Waals surface area contributed by atoms with Crippen molar-refractivity contribution in [2.24, 2.45) is 11.8 Å². The summed E-state index contributed by atoms with van der Waals surface area (Å²) in [6, 6.07) is 0. The predicted octanol–water partition coefficient (Wildman–Crippen LogP) is 8.63. The summed E-state index contributed by atoms with van der Waals surface area (Å²) in [6.07, 6.45) is 26.9. The van der Waals surface area contributed by atoms with Crippen LogP contribution in [0.5, 0.6) is 0 Å². The van der Waals surface area contributed by atoms with Gasteiger partial charge in [0, 0.05) is 12.8 Å². The molecule has 1 heterocycles. The van der Waals surface area contributed by atoms with Gasteiger partial charge in [-0.3, -0.25) is 9.59 Å². The number of hydrogen-bond acceptors (Lipinski definition) is 10. The highest BCUT2D eigenvalue weighted by atomic mass is 16.7. The van der Waals surface area contributed by atoms with Crippen LogP contribution in [0.1, 0.15) is 187 Å². The Bertz CT molecular complexity index is 958. The van der Waals surface area contributed by atoms with Gasteiger partial charge in [-0.15, -0.1) is 0 Å². The minimum atomic E-state index is -1.59. The number of rotatable bonds is 35. The van der Waals surface area contributed by atoms with Crippen LogP contribution in [0.25, 0.3) is 0 Å². The van der Waals surface area contributed by atoms with Gasteiger partial charge < -0.3 is 39.4 Å². The van der Waals surface area contributed by atoms with E-state index in [2.05, 4.69) is 26.0 Å². The summed E-state index contributed by atoms with van der Waals surface area (Å²) in [5.74, 6) is 1.11. The normalized spacial score (nSPS) is 24.5. The largest absolute Gasteiger partial charge is 0.462 e. The molecule has 0 aromatic rings. The fourth-order valence-electron chi connectivity index (χ4n) is 7.42. The summed E-state index contributed by atoms with van der Waals surface area (Å²) in [6.45, 7) is 3.43. The molecule has 0 bridgehead atoms. The van der Waals surface area contributed by atoms with Crippen LogP contribution in [0.2, 0.25) is 0 Å². The fraction of sp³-hybridized carbons (Fsp3) is 0.909.